The van der Waals surface area contributed by atoms with Gasteiger partial charge >= 0.3 is 0 Å². The molecular formula is C28H31N5OS. The van der Waals surface area contributed by atoms with Gasteiger partial charge in [0.05, 0.1) is 18.3 Å². The number of nitrogens with one attached hydrogen (secondary N) is 1. The van der Waals surface area contributed by atoms with Crippen molar-refractivity contribution in [2.45, 2.75) is 49.7 Å². The number of hydrogen-bond acceptors (Lipinski definition) is 5. The van der Waals surface area contributed by atoms with Gasteiger partial charge in [-0.2, -0.15) is 0 Å². The van der Waals surface area contributed by atoms with Gasteiger partial charge in [0.15, 0.2) is 5.16 Å². The molecule has 7 heteroatoms. The van der Waals surface area contributed by atoms with E-state index in [4.69, 9.17) is 0 Å². The SMILES string of the molecule is CC(Sc1nnc(CN2CCCCC2)n1Cc1ccccc1)C(=O)Nc1cccc2ccccc12. The minimum absolute atomic E-state index is 0.0433. The summed E-state index contributed by atoms with van der Waals surface area (Å²) in [5.41, 5.74) is 2.03. The molecule has 0 bridgehead atoms. The number of aromatic nitrogens is 3. The first kappa shape index (κ1) is 23.6. The lowest BCUT2D eigenvalue weighted by Gasteiger charge is -2.26. The van der Waals surface area contributed by atoms with E-state index in [1.807, 2.05) is 43.3 Å². The fourth-order valence-electron chi connectivity index (χ4n) is 4.55. The highest BCUT2D eigenvalue weighted by molar-refractivity contribution is 8.00. The molecule has 3 aromatic carbocycles. The summed E-state index contributed by atoms with van der Waals surface area (Å²) in [6, 6.07) is 24.4. The molecule has 35 heavy (non-hydrogen) atoms. The van der Waals surface area contributed by atoms with Crippen LogP contribution in [0.25, 0.3) is 10.8 Å². The first-order valence-corrected chi connectivity index (χ1v) is 13.2. The minimum atomic E-state index is -0.324. The molecule has 1 aliphatic heterocycles. The van der Waals surface area contributed by atoms with Crippen LogP contribution in [0.15, 0.2) is 78.0 Å². The summed E-state index contributed by atoms with van der Waals surface area (Å²) < 4.78 is 2.18. The van der Waals surface area contributed by atoms with Crippen LogP contribution in [0.5, 0.6) is 0 Å². The Morgan fingerprint density at radius 3 is 2.49 bits per heavy atom. The van der Waals surface area contributed by atoms with Crippen LogP contribution in [0, 0.1) is 0 Å². The van der Waals surface area contributed by atoms with Gasteiger partial charge in [-0.3, -0.25) is 9.69 Å². The second-order valence-corrected chi connectivity index (χ2v) is 10.4. The highest BCUT2D eigenvalue weighted by Crippen LogP contribution is 2.27. The van der Waals surface area contributed by atoms with E-state index >= 15 is 0 Å². The van der Waals surface area contributed by atoms with Gasteiger partial charge in [-0.25, -0.2) is 0 Å². The maximum absolute atomic E-state index is 13.2. The Bertz CT molecular complexity index is 1280. The van der Waals surface area contributed by atoms with Crippen molar-refractivity contribution in [3.63, 3.8) is 0 Å². The van der Waals surface area contributed by atoms with Crippen LogP contribution in [-0.2, 0) is 17.9 Å². The Morgan fingerprint density at radius 1 is 0.914 bits per heavy atom. The van der Waals surface area contributed by atoms with Crippen molar-refractivity contribution in [2.75, 3.05) is 18.4 Å². The van der Waals surface area contributed by atoms with E-state index in [9.17, 15) is 4.79 Å². The van der Waals surface area contributed by atoms with Gasteiger partial charge in [-0.05, 0) is 49.9 Å². The highest BCUT2D eigenvalue weighted by atomic mass is 32.2. The van der Waals surface area contributed by atoms with Crippen LogP contribution < -0.4 is 5.32 Å². The molecule has 1 fully saturated rings. The van der Waals surface area contributed by atoms with E-state index in [2.05, 4.69) is 61.4 Å². The summed E-state index contributed by atoms with van der Waals surface area (Å²) in [5.74, 6) is 0.915. The third-order valence-electron chi connectivity index (χ3n) is 6.49. The molecule has 6 nitrogen and oxygen atoms in total. The average molecular weight is 486 g/mol. The summed E-state index contributed by atoms with van der Waals surface area (Å²) in [6.07, 6.45) is 3.78. The molecule has 5 rings (SSSR count). The van der Waals surface area contributed by atoms with E-state index in [0.29, 0.717) is 6.54 Å². The number of likely N-dealkylation sites (tertiary alicyclic amines) is 1. The molecule has 0 radical (unpaired) electrons. The summed E-state index contributed by atoms with van der Waals surface area (Å²) in [7, 11) is 0. The number of piperidine rings is 1. The number of hydrogen-bond donors (Lipinski definition) is 1. The molecule has 4 aromatic rings. The number of carbonyl (C=O) groups is 1. The first-order chi connectivity index (χ1) is 17.2. The van der Waals surface area contributed by atoms with E-state index < -0.39 is 0 Å². The molecule has 180 valence electrons. The Hall–Kier alpha value is -3.16. The monoisotopic (exact) mass is 485 g/mol. The molecule has 1 N–H and O–H groups in total. The second kappa shape index (κ2) is 11.1. The third kappa shape index (κ3) is 5.74. The molecule has 0 spiro atoms. The topological polar surface area (TPSA) is 63.1 Å². The van der Waals surface area contributed by atoms with E-state index in [1.165, 1.54) is 36.6 Å². The number of rotatable bonds is 8. The molecule has 1 atom stereocenters. The number of thioether (sulfide) groups is 1. The number of carbonyl (C=O) groups excluding carboxylic acids is 1. The summed E-state index contributed by atoms with van der Waals surface area (Å²) in [5, 5.41) is 14.8. The van der Waals surface area contributed by atoms with Crippen molar-refractivity contribution in [2.24, 2.45) is 0 Å². The Balaban J connectivity index is 1.34. The summed E-state index contributed by atoms with van der Waals surface area (Å²) in [6.45, 7) is 5.61. The predicted molar refractivity (Wildman–Crippen MR) is 143 cm³/mol. The summed E-state index contributed by atoms with van der Waals surface area (Å²) >= 11 is 1.46. The standard InChI is InChI=1S/C28H31N5OS/c1-21(27(34)29-25-16-10-14-23-13-6-7-15-24(23)25)35-28-31-30-26(20-32-17-8-3-9-18-32)33(28)19-22-11-4-2-5-12-22/h2,4-7,10-16,21H,3,8-9,17-20H2,1H3,(H,29,34). The van der Waals surface area contributed by atoms with Crippen molar-refractivity contribution in [1.29, 1.82) is 0 Å². The van der Waals surface area contributed by atoms with Crippen LogP contribution in [-0.4, -0.2) is 43.9 Å². The lowest BCUT2D eigenvalue weighted by molar-refractivity contribution is -0.115. The molecule has 1 unspecified atom stereocenters. The van der Waals surface area contributed by atoms with E-state index in [1.54, 1.807) is 0 Å². The smallest absolute Gasteiger partial charge is 0.237 e. The van der Waals surface area contributed by atoms with E-state index in [0.717, 1.165) is 47.1 Å². The van der Waals surface area contributed by atoms with Crippen LogP contribution in [0.3, 0.4) is 0 Å². The van der Waals surface area contributed by atoms with Gasteiger partial charge in [-0.1, -0.05) is 84.9 Å². The van der Waals surface area contributed by atoms with Crippen molar-refractivity contribution >= 4 is 34.1 Å². The zero-order valence-corrected chi connectivity index (χ0v) is 20.9. The Morgan fingerprint density at radius 2 is 1.66 bits per heavy atom. The van der Waals surface area contributed by atoms with Crippen LogP contribution in [0.1, 0.15) is 37.6 Å². The van der Waals surface area contributed by atoms with Crippen molar-refractivity contribution in [3.8, 4) is 0 Å². The molecule has 1 saturated heterocycles. The molecule has 1 aromatic heterocycles. The van der Waals surface area contributed by atoms with Crippen LogP contribution >= 0.6 is 11.8 Å². The zero-order valence-electron chi connectivity index (χ0n) is 20.1. The van der Waals surface area contributed by atoms with Gasteiger partial charge in [0.2, 0.25) is 5.91 Å². The fraction of sp³-hybridized carbons (Fsp3) is 0.321. The van der Waals surface area contributed by atoms with Gasteiger partial charge in [0, 0.05) is 11.1 Å². The number of amides is 1. The molecule has 0 aliphatic carbocycles. The zero-order chi connectivity index (χ0) is 24.0. The van der Waals surface area contributed by atoms with Crippen molar-refractivity contribution in [1.82, 2.24) is 19.7 Å². The maximum atomic E-state index is 13.2. The van der Waals surface area contributed by atoms with Gasteiger partial charge in [0.1, 0.15) is 5.82 Å². The summed E-state index contributed by atoms with van der Waals surface area (Å²) in [4.78, 5) is 15.6. The normalized spacial score (nSPS) is 15.2. The lowest BCUT2D eigenvalue weighted by Crippen LogP contribution is -2.30. The largest absolute Gasteiger partial charge is 0.325 e. The highest BCUT2D eigenvalue weighted by Gasteiger charge is 2.22. The Kier molecular flexibility index (Phi) is 7.45. The van der Waals surface area contributed by atoms with E-state index in [-0.39, 0.29) is 11.2 Å². The number of anilines is 1. The van der Waals surface area contributed by atoms with Crippen LogP contribution in [0.4, 0.5) is 5.69 Å². The molecule has 1 aliphatic rings. The fourth-order valence-corrected chi connectivity index (χ4v) is 5.41. The molecule has 2 heterocycles. The lowest BCUT2D eigenvalue weighted by atomic mass is 10.1. The number of nitrogens with zero attached hydrogens (tertiary/aromatic N) is 4. The number of benzene rings is 3. The molecular weight excluding hydrogens is 454 g/mol. The third-order valence-corrected chi connectivity index (χ3v) is 7.57. The quantitative estimate of drug-likeness (QED) is 0.330. The molecule has 0 saturated carbocycles. The maximum Gasteiger partial charge on any atom is 0.237 e. The second-order valence-electron chi connectivity index (χ2n) is 9.08. The predicted octanol–water partition coefficient (Wildman–Crippen LogP) is 5.58. The Labute approximate surface area is 210 Å². The van der Waals surface area contributed by atoms with Gasteiger partial charge in [-0.15, -0.1) is 10.2 Å². The number of fused-ring (bicyclic) bond motifs is 1. The van der Waals surface area contributed by atoms with Crippen molar-refractivity contribution < 1.29 is 4.79 Å². The van der Waals surface area contributed by atoms with Gasteiger partial charge < -0.3 is 9.88 Å². The average Bonchev–Trinajstić information content (AvgIpc) is 3.25. The van der Waals surface area contributed by atoms with Gasteiger partial charge in [0.25, 0.3) is 0 Å². The first-order valence-electron chi connectivity index (χ1n) is 12.3. The van der Waals surface area contributed by atoms with Crippen LogP contribution in [0.2, 0.25) is 0 Å². The minimum Gasteiger partial charge on any atom is -0.325 e. The molecule has 1 amide bonds. The van der Waals surface area contributed by atoms with Crippen molar-refractivity contribution in [3.05, 3.63) is 84.2 Å².